The van der Waals surface area contributed by atoms with Crippen molar-refractivity contribution >= 4 is 43.2 Å². The zero-order valence-corrected chi connectivity index (χ0v) is 20.3. The van der Waals surface area contributed by atoms with Crippen molar-refractivity contribution in [3.63, 3.8) is 0 Å². The normalized spacial score (nSPS) is 12.4. The molecule has 0 radical (unpaired) electrons. The van der Waals surface area contributed by atoms with Crippen LogP contribution < -0.4 is 9.46 Å². The van der Waals surface area contributed by atoms with Gasteiger partial charge in [-0.15, -0.1) is 11.3 Å². The molecule has 176 valence electrons. The van der Waals surface area contributed by atoms with Crippen LogP contribution in [-0.4, -0.2) is 38.4 Å². The van der Waals surface area contributed by atoms with Gasteiger partial charge in [0, 0.05) is 12.6 Å². The maximum atomic E-state index is 14.6. The van der Waals surface area contributed by atoms with E-state index >= 15 is 0 Å². The van der Waals surface area contributed by atoms with Crippen LogP contribution in [0.2, 0.25) is 0 Å². The van der Waals surface area contributed by atoms with Crippen molar-refractivity contribution in [2.24, 2.45) is 0 Å². The molecule has 1 N–H and O–H groups in total. The topological polar surface area (TPSA) is 88.6 Å². The van der Waals surface area contributed by atoms with Crippen LogP contribution in [0.4, 0.5) is 10.1 Å². The number of anilines is 1. The van der Waals surface area contributed by atoms with Crippen molar-refractivity contribution in [2.45, 2.75) is 17.9 Å². The number of hydrogen-bond donors (Lipinski definition) is 1. The molecule has 0 unspecified atom stereocenters. The molecule has 1 amide bonds. The number of amides is 1. The Morgan fingerprint density at radius 1 is 1.12 bits per heavy atom. The summed E-state index contributed by atoms with van der Waals surface area (Å²) in [4.78, 5) is 18.6. The highest BCUT2D eigenvalue weighted by atomic mass is 32.2. The number of nitrogens with zero attached hydrogens (tertiary/aromatic N) is 2. The molecule has 0 aliphatic carbocycles. The maximum Gasteiger partial charge on any atom is 0.264 e. The fourth-order valence-corrected chi connectivity index (χ4v) is 5.62. The molecule has 0 saturated heterocycles. The summed E-state index contributed by atoms with van der Waals surface area (Å²) >= 11 is 1.48. The number of carbonyl (C=O) groups is 1. The lowest BCUT2D eigenvalue weighted by Crippen LogP contribution is -2.30. The molecular weight excluding hydrogens is 477 g/mol. The third kappa shape index (κ3) is 4.59. The Morgan fingerprint density at radius 3 is 2.56 bits per heavy atom. The number of para-hydroxylation sites is 3. The Morgan fingerprint density at radius 2 is 1.82 bits per heavy atom. The predicted molar refractivity (Wildman–Crippen MR) is 130 cm³/mol. The molecule has 4 aromatic rings. The van der Waals surface area contributed by atoms with Gasteiger partial charge in [0.2, 0.25) is 0 Å². The van der Waals surface area contributed by atoms with Crippen LogP contribution in [0.15, 0.2) is 71.6 Å². The molecule has 0 aliphatic rings. The van der Waals surface area contributed by atoms with Gasteiger partial charge < -0.3 is 9.64 Å². The first kappa shape index (κ1) is 23.7. The van der Waals surface area contributed by atoms with E-state index in [1.54, 1.807) is 25.2 Å². The van der Waals surface area contributed by atoms with Gasteiger partial charge in [-0.1, -0.05) is 24.3 Å². The van der Waals surface area contributed by atoms with Gasteiger partial charge in [0.25, 0.3) is 15.9 Å². The number of benzene rings is 3. The largest absolute Gasteiger partial charge is 0.495 e. The molecule has 3 aromatic carbocycles. The summed E-state index contributed by atoms with van der Waals surface area (Å²) in [5.41, 5.74) is 1.03. The number of rotatable bonds is 7. The van der Waals surface area contributed by atoms with Gasteiger partial charge >= 0.3 is 0 Å². The molecule has 1 atom stereocenters. The third-order valence-corrected chi connectivity index (χ3v) is 7.98. The van der Waals surface area contributed by atoms with E-state index in [0.717, 1.165) is 27.4 Å². The van der Waals surface area contributed by atoms with Crippen LogP contribution in [0.3, 0.4) is 0 Å². The quantitative estimate of drug-likeness (QED) is 0.383. The number of aromatic nitrogens is 1. The number of sulfonamides is 1. The molecule has 0 bridgehead atoms. The summed E-state index contributed by atoms with van der Waals surface area (Å²) < 4.78 is 49.0. The first-order chi connectivity index (χ1) is 16.2. The zero-order chi connectivity index (χ0) is 24.5. The molecule has 10 heteroatoms. The monoisotopic (exact) mass is 499 g/mol. The van der Waals surface area contributed by atoms with Gasteiger partial charge in [-0.2, -0.15) is 0 Å². The maximum absolute atomic E-state index is 14.6. The number of nitrogens with one attached hydrogen (secondary N) is 1. The van der Waals surface area contributed by atoms with E-state index in [0.29, 0.717) is 0 Å². The molecule has 0 saturated carbocycles. The number of thiazole rings is 1. The fourth-order valence-electron chi connectivity index (χ4n) is 3.38. The standard InChI is InChI=1S/C24H22FN3O4S2/c1-15(23-26-19-9-5-7-11-21(19)33-23)28(2)24(29)16-12-13-17(25)22(14-16)34(30,31)27-18-8-4-6-10-20(18)32-3/h4-15,27H,1-3H3/t15-/m1/s1. The lowest BCUT2D eigenvalue weighted by molar-refractivity contribution is 0.0742. The predicted octanol–water partition coefficient (Wildman–Crippen LogP) is 5.08. The van der Waals surface area contributed by atoms with Gasteiger partial charge in [0.1, 0.15) is 21.5 Å². The molecule has 0 aliphatic heterocycles. The van der Waals surface area contributed by atoms with E-state index in [-0.39, 0.29) is 23.0 Å². The number of halogens is 1. The second-order valence-electron chi connectivity index (χ2n) is 7.56. The molecule has 0 spiro atoms. The summed E-state index contributed by atoms with van der Waals surface area (Å²) in [5, 5.41) is 0.741. The first-order valence-corrected chi connectivity index (χ1v) is 12.6. The number of fused-ring (bicyclic) bond motifs is 1. The van der Waals surface area contributed by atoms with Crippen molar-refractivity contribution in [3.05, 3.63) is 83.1 Å². The van der Waals surface area contributed by atoms with Crippen LogP contribution in [0.5, 0.6) is 5.75 Å². The van der Waals surface area contributed by atoms with E-state index in [4.69, 9.17) is 4.74 Å². The molecule has 34 heavy (non-hydrogen) atoms. The lowest BCUT2D eigenvalue weighted by Gasteiger charge is -2.23. The Bertz CT molecular complexity index is 1440. The smallest absolute Gasteiger partial charge is 0.264 e. The summed E-state index contributed by atoms with van der Waals surface area (Å²) in [5.74, 6) is -1.15. The van der Waals surface area contributed by atoms with Crippen molar-refractivity contribution in [1.82, 2.24) is 9.88 Å². The van der Waals surface area contributed by atoms with Crippen LogP contribution in [-0.2, 0) is 10.0 Å². The van der Waals surface area contributed by atoms with Crippen molar-refractivity contribution in [3.8, 4) is 5.75 Å². The van der Waals surface area contributed by atoms with Crippen LogP contribution in [0.25, 0.3) is 10.2 Å². The molecule has 1 aromatic heterocycles. The van der Waals surface area contributed by atoms with Crippen molar-refractivity contribution in [2.75, 3.05) is 18.9 Å². The van der Waals surface area contributed by atoms with E-state index < -0.39 is 26.6 Å². The Labute approximate surface area is 200 Å². The minimum atomic E-state index is -4.33. The second-order valence-corrected chi connectivity index (χ2v) is 10.3. The minimum Gasteiger partial charge on any atom is -0.495 e. The Hall–Kier alpha value is -3.50. The summed E-state index contributed by atoms with van der Waals surface area (Å²) in [6, 6.07) is 16.9. The average Bonchev–Trinajstić information content (AvgIpc) is 3.27. The minimum absolute atomic E-state index is 0.0391. The number of ether oxygens (including phenoxy) is 1. The second kappa shape index (κ2) is 9.40. The van der Waals surface area contributed by atoms with E-state index in [9.17, 15) is 17.6 Å². The van der Waals surface area contributed by atoms with E-state index in [1.165, 1.54) is 35.5 Å². The highest BCUT2D eigenvalue weighted by molar-refractivity contribution is 7.92. The zero-order valence-electron chi connectivity index (χ0n) is 18.7. The van der Waals surface area contributed by atoms with Crippen molar-refractivity contribution < 1.29 is 22.3 Å². The molecule has 1 heterocycles. The van der Waals surface area contributed by atoms with Gasteiger partial charge in [0.05, 0.1) is 29.1 Å². The van der Waals surface area contributed by atoms with Gasteiger partial charge in [-0.3, -0.25) is 9.52 Å². The summed E-state index contributed by atoms with van der Waals surface area (Å²) in [7, 11) is -1.33. The molecule has 4 rings (SSSR count). The lowest BCUT2D eigenvalue weighted by atomic mass is 10.1. The van der Waals surface area contributed by atoms with E-state index in [2.05, 4.69) is 9.71 Å². The first-order valence-electron chi connectivity index (χ1n) is 10.3. The van der Waals surface area contributed by atoms with Gasteiger partial charge in [0.15, 0.2) is 0 Å². The Balaban J connectivity index is 1.62. The summed E-state index contributed by atoms with van der Waals surface area (Å²) in [6.07, 6.45) is 0. The number of hydrogen-bond acceptors (Lipinski definition) is 6. The van der Waals surface area contributed by atoms with Gasteiger partial charge in [-0.25, -0.2) is 17.8 Å². The highest BCUT2D eigenvalue weighted by Crippen LogP contribution is 2.31. The van der Waals surface area contributed by atoms with Crippen LogP contribution >= 0.6 is 11.3 Å². The fraction of sp³-hybridized carbons (Fsp3) is 0.167. The molecule has 0 fully saturated rings. The Kier molecular flexibility index (Phi) is 6.54. The van der Waals surface area contributed by atoms with E-state index in [1.807, 2.05) is 31.2 Å². The van der Waals surface area contributed by atoms with Crippen molar-refractivity contribution in [1.29, 1.82) is 0 Å². The number of carbonyl (C=O) groups excluding carboxylic acids is 1. The molecule has 7 nitrogen and oxygen atoms in total. The number of methoxy groups -OCH3 is 1. The highest BCUT2D eigenvalue weighted by Gasteiger charge is 2.26. The average molecular weight is 500 g/mol. The SMILES string of the molecule is COc1ccccc1NS(=O)(=O)c1cc(C(=O)N(C)[C@H](C)c2nc3ccccc3s2)ccc1F. The summed E-state index contributed by atoms with van der Waals surface area (Å²) in [6.45, 7) is 1.83. The third-order valence-electron chi connectivity index (χ3n) is 5.39. The molecular formula is C24H22FN3O4S2. The van der Waals surface area contributed by atoms with Gasteiger partial charge in [-0.05, 0) is 49.4 Å². The van der Waals surface area contributed by atoms with Crippen LogP contribution in [0, 0.1) is 5.82 Å². The van der Waals surface area contributed by atoms with Crippen LogP contribution in [0.1, 0.15) is 28.3 Å².